The standard InChI is InChI=1S/C24H25N/c1-19-7-13-22(14-8-19)23-15-9-20(10-16-23)5-4-6-21-11-17-24(18-12-21)25(2)3/h4-5,7-18H,6H2,1-3H3/b5-4+. The van der Waals surface area contributed by atoms with Gasteiger partial charge in [-0.05, 0) is 47.7 Å². The zero-order chi connectivity index (χ0) is 17.6. The summed E-state index contributed by atoms with van der Waals surface area (Å²) in [6, 6.07) is 26.1. The van der Waals surface area contributed by atoms with Crippen LogP contribution in [0.5, 0.6) is 0 Å². The van der Waals surface area contributed by atoms with Crippen LogP contribution in [0.25, 0.3) is 17.2 Å². The van der Waals surface area contributed by atoms with Gasteiger partial charge in [-0.25, -0.2) is 0 Å². The van der Waals surface area contributed by atoms with E-state index in [2.05, 4.69) is 111 Å². The highest BCUT2D eigenvalue weighted by molar-refractivity contribution is 5.66. The molecule has 3 rings (SSSR count). The molecule has 0 aliphatic rings. The molecule has 0 aromatic heterocycles. The first-order valence-corrected chi connectivity index (χ1v) is 8.72. The summed E-state index contributed by atoms with van der Waals surface area (Å²) in [5, 5.41) is 0. The van der Waals surface area contributed by atoms with Gasteiger partial charge in [0, 0.05) is 19.8 Å². The minimum absolute atomic E-state index is 0.952. The number of allylic oxidation sites excluding steroid dienone is 1. The first-order chi connectivity index (χ1) is 12.1. The quantitative estimate of drug-likeness (QED) is 0.557. The van der Waals surface area contributed by atoms with E-state index in [1.807, 2.05) is 0 Å². The van der Waals surface area contributed by atoms with Gasteiger partial charge in [-0.3, -0.25) is 0 Å². The molecule has 0 unspecified atom stereocenters. The fourth-order valence-electron chi connectivity index (χ4n) is 2.79. The number of benzene rings is 3. The molecule has 126 valence electrons. The molecule has 1 heteroatoms. The molecule has 0 heterocycles. The maximum atomic E-state index is 2.23. The number of hydrogen-bond acceptors (Lipinski definition) is 1. The molecule has 3 aromatic rings. The van der Waals surface area contributed by atoms with Crippen LogP contribution in [0.3, 0.4) is 0 Å². The number of anilines is 1. The second kappa shape index (κ2) is 7.85. The van der Waals surface area contributed by atoms with Crippen molar-refractivity contribution in [2.45, 2.75) is 13.3 Å². The van der Waals surface area contributed by atoms with Crippen LogP contribution in [0, 0.1) is 6.92 Å². The zero-order valence-electron chi connectivity index (χ0n) is 15.2. The van der Waals surface area contributed by atoms with Gasteiger partial charge in [-0.2, -0.15) is 0 Å². The van der Waals surface area contributed by atoms with Gasteiger partial charge in [0.15, 0.2) is 0 Å². The van der Waals surface area contributed by atoms with Gasteiger partial charge >= 0.3 is 0 Å². The third-order valence-corrected chi connectivity index (χ3v) is 4.41. The smallest absolute Gasteiger partial charge is 0.0361 e. The maximum Gasteiger partial charge on any atom is 0.0361 e. The van der Waals surface area contributed by atoms with Gasteiger partial charge in [0.1, 0.15) is 0 Å². The molecule has 25 heavy (non-hydrogen) atoms. The number of rotatable bonds is 5. The summed E-state index contributed by atoms with van der Waals surface area (Å²) in [6.07, 6.45) is 5.37. The highest BCUT2D eigenvalue weighted by Gasteiger charge is 1.97. The van der Waals surface area contributed by atoms with Crippen molar-refractivity contribution in [3.63, 3.8) is 0 Å². The Morgan fingerprint density at radius 1 is 0.720 bits per heavy atom. The van der Waals surface area contributed by atoms with Crippen molar-refractivity contribution in [2.24, 2.45) is 0 Å². The Morgan fingerprint density at radius 3 is 1.84 bits per heavy atom. The Morgan fingerprint density at radius 2 is 1.28 bits per heavy atom. The van der Waals surface area contributed by atoms with Gasteiger partial charge in [0.25, 0.3) is 0 Å². The normalized spacial score (nSPS) is 11.0. The van der Waals surface area contributed by atoms with Gasteiger partial charge in [0.2, 0.25) is 0 Å². The van der Waals surface area contributed by atoms with Gasteiger partial charge in [0.05, 0.1) is 0 Å². The molecule has 0 radical (unpaired) electrons. The third-order valence-electron chi connectivity index (χ3n) is 4.41. The van der Waals surface area contributed by atoms with E-state index in [1.54, 1.807) is 0 Å². The first-order valence-electron chi connectivity index (χ1n) is 8.72. The minimum atomic E-state index is 0.952. The van der Waals surface area contributed by atoms with Crippen LogP contribution in [-0.2, 0) is 6.42 Å². The van der Waals surface area contributed by atoms with E-state index in [9.17, 15) is 0 Å². The van der Waals surface area contributed by atoms with E-state index in [0.29, 0.717) is 0 Å². The van der Waals surface area contributed by atoms with Crippen molar-refractivity contribution in [2.75, 3.05) is 19.0 Å². The molecule has 3 aromatic carbocycles. The Bertz CT molecular complexity index is 823. The zero-order valence-corrected chi connectivity index (χ0v) is 15.2. The lowest BCUT2D eigenvalue weighted by Crippen LogP contribution is -2.08. The predicted molar refractivity (Wildman–Crippen MR) is 110 cm³/mol. The van der Waals surface area contributed by atoms with Crippen molar-refractivity contribution >= 4 is 11.8 Å². The summed E-state index contributed by atoms with van der Waals surface area (Å²) in [7, 11) is 4.13. The van der Waals surface area contributed by atoms with Crippen LogP contribution >= 0.6 is 0 Å². The Labute approximate surface area is 151 Å². The number of nitrogens with zero attached hydrogens (tertiary/aromatic N) is 1. The second-order valence-electron chi connectivity index (χ2n) is 6.66. The van der Waals surface area contributed by atoms with Crippen LogP contribution in [0.1, 0.15) is 16.7 Å². The molecule has 0 saturated carbocycles. The topological polar surface area (TPSA) is 3.24 Å². The number of aryl methyl sites for hydroxylation is 1. The minimum Gasteiger partial charge on any atom is -0.378 e. The predicted octanol–water partition coefficient (Wildman–Crippen LogP) is 5.98. The largest absolute Gasteiger partial charge is 0.378 e. The highest BCUT2D eigenvalue weighted by atomic mass is 15.1. The molecular weight excluding hydrogens is 302 g/mol. The van der Waals surface area contributed by atoms with E-state index < -0.39 is 0 Å². The maximum absolute atomic E-state index is 2.23. The molecular formula is C24H25N. The van der Waals surface area contributed by atoms with Crippen LogP contribution in [0.15, 0.2) is 78.9 Å². The summed E-state index contributed by atoms with van der Waals surface area (Å²) < 4.78 is 0. The van der Waals surface area contributed by atoms with Crippen molar-refractivity contribution in [3.05, 3.63) is 95.6 Å². The SMILES string of the molecule is Cc1ccc(-c2ccc(/C=C/Cc3ccc(N(C)C)cc3)cc2)cc1. The summed E-state index contributed by atoms with van der Waals surface area (Å²) in [5.41, 5.74) is 7.62. The monoisotopic (exact) mass is 327 g/mol. The average Bonchev–Trinajstić information content (AvgIpc) is 2.63. The van der Waals surface area contributed by atoms with E-state index in [-0.39, 0.29) is 0 Å². The third kappa shape index (κ3) is 4.60. The van der Waals surface area contributed by atoms with Crippen molar-refractivity contribution in [3.8, 4) is 11.1 Å². The average molecular weight is 327 g/mol. The van der Waals surface area contributed by atoms with Crippen molar-refractivity contribution in [1.29, 1.82) is 0 Å². The van der Waals surface area contributed by atoms with Gasteiger partial charge in [-0.15, -0.1) is 0 Å². The molecule has 0 aliphatic heterocycles. The molecule has 0 atom stereocenters. The summed E-state index contributed by atoms with van der Waals surface area (Å²) >= 11 is 0. The van der Waals surface area contributed by atoms with Gasteiger partial charge in [-0.1, -0.05) is 78.4 Å². The molecule has 1 nitrogen and oxygen atoms in total. The highest BCUT2D eigenvalue weighted by Crippen LogP contribution is 2.21. The van der Waals surface area contributed by atoms with E-state index in [0.717, 1.165) is 6.42 Å². The Hall–Kier alpha value is -2.80. The molecule has 0 fully saturated rings. The molecule has 0 aliphatic carbocycles. The molecule has 0 N–H and O–H groups in total. The van der Waals surface area contributed by atoms with Crippen LogP contribution < -0.4 is 4.90 Å². The summed E-state index contributed by atoms with van der Waals surface area (Å²) in [5.74, 6) is 0. The number of hydrogen-bond donors (Lipinski definition) is 0. The van der Waals surface area contributed by atoms with Crippen LogP contribution in [0.2, 0.25) is 0 Å². The van der Waals surface area contributed by atoms with E-state index in [1.165, 1.54) is 33.5 Å². The fraction of sp³-hybridized carbons (Fsp3) is 0.167. The second-order valence-corrected chi connectivity index (χ2v) is 6.66. The van der Waals surface area contributed by atoms with Crippen molar-refractivity contribution < 1.29 is 0 Å². The fourth-order valence-corrected chi connectivity index (χ4v) is 2.79. The van der Waals surface area contributed by atoms with Crippen LogP contribution in [0.4, 0.5) is 5.69 Å². The van der Waals surface area contributed by atoms with Crippen LogP contribution in [-0.4, -0.2) is 14.1 Å². The molecule has 0 bridgehead atoms. The lowest BCUT2D eigenvalue weighted by atomic mass is 10.0. The lowest BCUT2D eigenvalue weighted by molar-refractivity contribution is 1.13. The Kier molecular flexibility index (Phi) is 5.35. The summed E-state index contributed by atoms with van der Waals surface area (Å²) in [6.45, 7) is 2.12. The van der Waals surface area contributed by atoms with Crippen molar-refractivity contribution in [1.82, 2.24) is 0 Å². The molecule has 0 spiro atoms. The molecule has 0 amide bonds. The van der Waals surface area contributed by atoms with Gasteiger partial charge < -0.3 is 4.90 Å². The molecule has 0 saturated heterocycles. The Balaban J connectivity index is 1.62. The lowest BCUT2D eigenvalue weighted by Gasteiger charge is -2.12. The van der Waals surface area contributed by atoms with E-state index >= 15 is 0 Å². The summed E-state index contributed by atoms with van der Waals surface area (Å²) in [4.78, 5) is 2.12. The first kappa shape index (κ1) is 17.0. The van der Waals surface area contributed by atoms with E-state index in [4.69, 9.17) is 0 Å².